The second-order valence-electron chi connectivity index (χ2n) is 5.91. The summed E-state index contributed by atoms with van der Waals surface area (Å²) in [5.41, 5.74) is 0.409. The van der Waals surface area contributed by atoms with Crippen LogP contribution in [-0.2, 0) is 14.8 Å². The zero-order valence-corrected chi connectivity index (χ0v) is 14.9. The molecule has 0 saturated carbocycles. The molecule has 1 aliphatic heterocycles. The van der Waals surface area contributed by atoms with Crippen LogP contribution in [0.2, 0.25) is 5.02 Å². The van der Waals surface area contributed by atoms with Crippen LogP contribution in [0.4, 0.5) is 0 Å². The molecular formula is C15H19ClN2O5S. The number of carboxylic acid groups (broad SMARTS) is 1. The average Bonchev–Trinajstić information content (AvgIpc) is 2.44. The normalized spacial score (nSPS) is 16.8. The van der Waals surface area contributed by atoms with Gasteiger partial charge in [-0.2, -0.15) is 0 Å². The van der Waals surface area contributed by atoms with Crippen LogP contribution in [0.25, 0.3) is 0 Å². The lowest BCUT2D eigenvalue weighted by atomic mass is 10.1. The minimum absolute atomic E-state index is 0.0828. The molecule has 2 rings (SSSR count). The van der Waals surface area contributed by atoms with E-state index in [0.29, 0.717) is 10.6 Å². The van der Waals surface area contributed by atoms with E-state index in [2.05, 4.69) is 0 Å². The van der Waals surface area contributed by atoms with Gasteiger partial charge in [0, 0.05) is 37.3 Å². The molecule has 0 radical (unpaired) electrons. The number of halogens is 1. The molecule has 24 heavy (non-hydrogen) atoms. The number of carbonyl (C=O) groups is 2. The number of hydrogen-bond acceptors (Lipinski definition) is 4. The quantitative estimate of drug-likeness (QED) is 0.805. The molecule has 1 heterocycles. The summed E-state index contributed by atoms with van der Waals surface area (Å²) >= 11 is 5.85. The molecule has 1 aromatic rings. The van der Waals surface area contributed by atoms with Gasteiger partial charge >= 0.3 is 5.97 Å². The van der Waals surface area contributed by atoms with Gasteiger partial charge in [0.1, 0.15) is 5.25 Å². The summed E-state index contributed by atoms with van der Waals surface area (Å²) in [4.78, 5) is 24.6. The van der Waals surface area contributed by atoms with E-state index in [1.54, 1.807) is 18.2 Å². The fourth-order valence-corrected chi connectivity index (χ4v) is 4.29. The maximum Gasteiger partial charge on any atom is 0.307 e. The molecule has 1 N–H and O–H groups in total. The van der Waals surface area contributed by atoms with Crippen LogP contribution in [0.15, 0.2) is 24.3 Å². The van der Waals surface area contributed by atoms with Crippen molar-refractivity contribution in [3.05, 3.63) is 34.9 Å². The summed E-state index contributed by atoms with van der Waals surface area (Å²) in [5, 5.41) is 8.61. The third kappa shape index (κ3) is 3.88. The van der Waals surface area contributed by atoms with E-state index in [9.17, 15) is 18.0 Å². The Morgan fingerprint density at radius 3 is 2.58 bits per heavy atom. The highest BCUT2D eigenvalue weighted by Gasteiger charge is 2.42. The number of likely N-dealkylation sites (tertiary alicyclic amines) is 1. The van der Waals surface area contributed by atoms with Crippen molar-refractivity contribution < 1.29 is 23.1 Å². The average molecular weight is 375 g/mol. The van der Waals surface area contributed by atoms with Crippen molar-refractivity contribution in [1.82, 2.24) is 9.21 Å². The first-order valence-corrected chi connectivity index (χ1v) is 9.24. The maximum atomic E-state index is 12.4. The number of hydrogen-bond donors (Lipinski definition) is 1. The topological polar surface area (TPSA) is 95.0 Å². The molecule has 1 aromatic carbocycles. The lowest BCUT2D eigenvalue weighted by molar-refractivity contribution is -0.141. The Hall–Kier alpha value is -1.64. The molecule has 1 amide bonds. The van der Waals surface area contributed by atoms with Gasteiger partial charge in [-0.15, -0.1) is 0 Å². The van der Waals surface area contributed by atoms with Crippen LogP contribution in [0.3, 0.4) is 0 Å². The lowest BCUT2D eigenvalue weighted by Gasteiger charge is -2.40. The van der Waals surface area contributed by atoms with E-state index in [1.807, 2.05) is 0 Å². The molecule has 1 aliphatic rings. The number of aliphatic carboxylic acids is 1. The Labute approximate surface area is 145 Å². The summed E-state index contributed by atoms with van der Waals surface area (Å²) in [6.45, 7) is 1.51. The minimum atomic E-state index is -3.64. The Balaban J connectivity index is 1.97. The van der Waals surface area contributed by atoms with E-state index in [-0.39, 0.29) is 25.5 Å². The lowest BCUT2D eigenvalue weighted by Crippen LogP contribution is -2.59. The van der Waals surface area contributed by atoms with Crippen molar-refractivity contribution in [2.24, 2.45) is 5.92 Å². The summed E-state index contributed by atoms with van der Waals surface area (Å²) in [7, 11) is -2.28. The van der Waals surface area contributed by atoms with Crippen molar-refractivity contribution in [2.75, 3.05) is 26.7 Å². The second kappa shape index (κ2) is 7.08. The predicted molar refractivity (Wildman–Crippen MR) is 89.5 cm³/mol. The zero-order valence-electron chi connectivity index (χ0n) is 13.3. The Morgan fingerprint density at radius 1 is 1.42 bits per heavy atom. The van der Waals surface area contributed by atoms with Crippen LogP contribution in [0.1, 0.15) is 17.3 Å². The standard InChI is InChI=1S/C15H19ClN2O5S/c1-10(15(20)21)7-17(2)24(22,23)13-8-18(9-13)14(19)11-4-3-5-12(16)6-11/h3-6,10,13H,7-9H2,1-2H3,(H,20,21). The molecule has 0 aromatic heterocycles. The van der Waals surface area contributed by atoms with Crippen molar-refractivity contribution in [3.63, 3.8) is 0 Å². The van der Waals surface area contributed by atoms with Crippen LogP contribution >= 0.6 is 11.6 Å². The third-order valence-electron chi connectivity index (χ3n) is 4.02. The summed E-state index contributed by atoms with van der Waals surface area (Å²) in [6, 6.07) is 6.47. The van der Waals surface area contributed by atoms with E-state index in [4.69, 9.17) is 16.7 Å². The van der Waals surface area contributed by atoms with Gasteiger partial charge in [-0.25, -0.2) is 12.7 Å². The molecule has 1 atom stereocenters. The van der Waals surface area contributed by atoms with E-state index < -0.39 is 27.2 Å². The predicted octanol–water partition coefficient (Wildman–Crippen LogP) is 1.15. The number of sulfonamides is 1. The number of nitrogens with zero attached hydrogens (tertiary/aromatic N) is 2. The number of carbonyl (C=O) groups excluding carboxylic acids is 1. The van der Waals surface area contributed by atoms with Crippen LogP contribution in [-0.4, -0.2) is 66.5 Å². The Bertz CT molecular complexity index is 746. The molecule has 0 bridgehead atoms. The maximum absolute atomic E-state index is 12.4. The van der Waals surface area contributed by atoms with Gasteiger partial charge in [0.2, 0.25) is 10.0 Å². The van der Waals surface area contributed by atoms with Crippen molar-refractivity contribution >= 4 is 33.5 Å². The fourth-order valence-electron chi connectivity index (χ4n) is 2.42. The molecule has 7 nitrogen and oxygen atoms in total. The molecule has 0 aliphatic carbocycles. The largest absolute Gasteiger partial charge is 0.481 e. The first-order valence-electron chi connectivity index (χ1n) is 7.35. The molecule has 0 spiro atoms. The van der Waals surface area contributed by atoms with Gasteiger partial charge in [-0.05, 0) is 18.2 Å². The Kier molecular flexibility index (Phi) is 5.52. The summed E-state index contributed by atoms with van der Waals surface area (Å²) < 4.78 is 25.9. The first kappa shape index (κ1) is 18.7. The van der Waals surface area contributed by atoms with Gasteiger partial charge < -0.3 is 10.0 Å². The number of amides is 1. The molecular weight excluding hydrogens is 356 g/mol. The van der Waals surface area contributed by atoms with Crippen LogP contribution < -0.4 is 0 Å². The van der Waals surface area contributed by atoms with Gasteiger partial charge in [-0.3, -0.25) is 9.59 Å². The molecule has 1 fully saturated rings. The zero-order chi connectivity index (χ0) is 18.1. The summed E-state index contributed by atoms with van der Waals surface area (Å²) in [5.74, 6) is -2.12. The Morgan fingerprint density at radius 2 is 2.04 bits per heavy atom. The SMILES string of the molecule is CC(CN(C)S(=O)(=O)C1CN(C(=O)c2cccc(Cl)c2)C1)C(=O)O. The van der Waals surface area contributed by atoms with Crippen LogP contribution in [0, 0.1) is 5.92 Å². The first-order chi connectivity index (χ1) is 11.1. The molecule has 132 valence electrons. The van der Waals surface area contributed by atoms with Gasteiger partial charge in [0.15, 0.2) is 0 Å². The minimum Gasteiger partial charge on any atom is -0.481 e. The number of rotatable bonds is 6. The number of carboxylic acids is 1. The molecule has 1 unspecified atom stereocenters. The third-order valence-corrected chi connectivity index (χ3v) is 6.41. The van der Waals surface area contributed by atoms with Gasteiger partial charge in [-0.1, -0.05) is 24.6 Å². The van der Waals surface area contributed by atoms with E-state index in [1.165, 1.54) is 24.9 Å². The highest BCUT2D eigenvalue weighted by atomic mass is 35.5. The molecule has 9 heteroatoms. The highest BCUT2D eigenvalue weighted by molar-refractivity contribution is 7.89. The second-order valence-corrected chi connectivity index (χ2v) is 8.66. The summed E-state index contributed by atoms with van der Waals surface area (Å²) in [6.07, 6.45) is 0. The van der Waals surface area contributed by atoms with E-state index >= 15 is 0 Å². The van der Waals surface area contributed by atoms with Gasteiger partial charge in [0.25, 0.3) is 5.91 Å². The number of benzene rings is 1. The van der Waals surface area contributed by atoms with Crippen molar-refractivity contribution in [1.29, 1.82) is 0 Å². The monoisotopic (exact) mass is 374 g/mol. The smallest absolute Gasteiger partial charge is 0.307 e. The van der Waals surface area contributed by atoms with Crippen molar-refractivity contribution in [3.8, 4) is 0 Å². The molecule has 1 saturated heterocycles. The van der Waals surface area contributed by atoms with Crippen LogP contribution in [0.5, 0.6) is 0 Å². The van der Waals surface area contributed by atoms with Crippen molar-refractivity contribution in [2.45, 2.75) is 12.2 Å². The highest BCUT2D eigenvalue weighted by Crippen LogP contribution is 2.23. The van der Waals surface area contributed by atoms with Gasteiger partial charge in [0.05, 0.1) is 5.92 Å². The van der Waals surface area contributed by atoms with E-state index in [0.717, 1.165) is 4.31 Å². The fraction of sp³-hybridized carbons (Fsp3) is 0.467.